The van der Waals surface area contributed by atoms with Gasteiger partial charge in [-0.2, -0.15) is 13.4 Å². The quantitative estimate of drug-likeness (QED) is 0.234. The third-order valence-corrected chi connectivity index (χ3v) is 8.55. The lowest BCUT2D eigenvalue weighted by Crippen LogP contribution is -2.62. The molecule has 15 nitrogen and oxygen atoms in total. The summed E-state index contributed by atoms with van der Waals surface area (Å²) >= 11 is 5.76. The molecule has 1 aromatic carbocycles. The number of hydrogen-bond donors (Lipinski definition) is 5. The van der Waals surface area contributed by atoms with Crippen LogP contribution in [0.25, 0.3) is 0 Å². The molecular weight excluding hydrogens is 570 g/mol. The van der Waals surface area contributed by atoms with Crippen molar-refractivity contribution in [2.75, 3.05) is 26.2 Å². The molecule has 3 unspecified atom stereocenters. The van der Waals surface area contributed by atoms with Crippen LogP contribution < -0.4 is 10.5 Å². The standard InChI is InChI=1S/C23H32ClN7O8S/c1-4-31(5-2,6-3)30-12-27-21-16(20(30)25)26-11-29(21)23-19(34)18(33)15(39-23)10-38-40(36,37)28-22(35)13-8-7-9-14(24)17(13)32/h7-9,11-12,15,18-20,23,33-34H,4-6,10,25H2,1-3H3,(H-,28,32,35)/p+1/t15-,18?,19?,20?,23-/m1/s1. The molecule has 1 amide bonds. The zero-order valence-corrected chi connectivity index (χ0v) is 23.7. The van der Waals surface area contributed by atoms with Gasteiger partial charge in [0.2, 0.25) is 0 Å². The van der Waals surface area contributed by atoms with Crippen molar-refractivity contribution in [1.29, 1.82) is 0 Å². The zero-order valence-electron chi connectivity index (χ0n) is 22.1. The molecule has 5 atom stereocenters. The van der Waals surface area contributed by atoms with Crippen molar-refractivity contribution >= 4 is 40.0 Å². The van der Waals surface area contributed by atoms with Gasteiger partial charge in [0.25, 0.3) is 5.91 Å². The molecule has 0 spiro atoms. The third-order valence-electron chi connectivity index (χ3n) is 7.36. The fraction of sp³-hybridized carbons (Fsp3) is 0.522. The van der Waals surface area contributed by atoms with Gasteiger partial charge in [-0.15, -0.1) is 0 Å². The first-order valence-corrected chi connectivity index (χ1v) is 14.4. The molecule has 1 aromatic heterocycles. The van der Waals surface area contributed by atoms with Gasteiger partial charge in [-0.1, -0.05) is 17.7 Å². The topological polar surface area (TPSA) is 202 Å². The highest BCUT2D eigenvalue weighted by atomic mass is 35.5. The number of ether oxygens (including phenoxy) is 1. The smallest absolute Gasteiger partial charge is 0.362 e. The maximum atomic E-state index is 12.4. The lowest BCUT2D eigenvalue weighted by atomic mass is 10.1. The number of aromatic hydroxyl groups is 1. The number of aromatic nitrogens is 2. The van der Waals surface area contributed by atoms with Gasteiger partial charge in [0.05, 0.1) is 43.2 Å². The van der Waals surface area contributed by atoms with Crippen molar-refractivity contribution in [2.45, 2.75) is 51.5 Å². The number of nitrogens with zero attached hydrogens (tertiary/aromatic N) is 5. The van der Waals surface area contributed by atoms with Crippen LogP contribution in [0.15, 0.2) is 29.5 Å². The minimum absolute atomic E-state index is 0.146. The fourth-order valence-electron chi connectivity index (χ4n) is 4.89. The molecule has 6 N–H and O–H groups in total. The number of quaternary nitrogens is 1. The number of carbonyl (C=O) groups excluding carboxylic acids is 1. The molecule has 0 aliphatic carbocycles. The minimum atomic E-state index is -4.70. The highest BCUT2D eigenvalue weighted by molar-refractivity contribution is 7.85. The summed E-state index contributed by atoms with van der Waals surface area (Å²) in [5, 5.41) is 32.9. The number of para-hydroxylation sites is 1. The van der Waals surface area contributed by atoms with E-state index >= 15 is 0 Å². The molecule has 2 aliphatic heterocycles. The molecule has 0 radical (unpaired) electrons. The summed E-state index contributed by atoms with van der Waals surface area (Å²) in [7, 11) is -4.70. The summed E-state index contributed by atoms with van der Waals surface area (Å²) in [5.41, 5.74) is 6.60. The number of aliphatic hydroxyl groups excluding tert-OH is 2. The van der Waals surface area contributed by atoms with Crippen LogP contribution in [0.1, 0.15) is 49.2 Å². The highest BCUT2D eigenvalue weighted by Crippen LogP contribution is 2.38. The predicted octanol–water partition coefficient (Wildman–Crippen LogP) is 0.277. The summed E-state index contributed by atoms with van der Waals surface area (Å²) < 4.78 is 38.9. The van der Waals surface area contributed by atoms with Gasteiger partial charge >= 0.3 is 10.3 Å². The Morgan fingerprint density at radius 2 is 1.90 bits per heavy atom. The summed E-state index contributed by atoms with van der Waals surface area (Å²) in [6.07, 6.45) is -3.16. The van der Waals surface area contributed by atoms with Gasteiger partial charge < -0.3 is 25.8 Å². The van der Waals surface area contributed by atoms with Gasteiger partial charge in [-0.05, 0) is 32.9 Å². The first kappa shape index (κ1) is 30.1. The van der Waals surface area contributed by atoms with Crippen LogP contribution in [-0.2, 0) is 19.2 Å². The second-order valence-electron chi connectivity index (χ2n) is 9.33. The Morgan fingerprint density at radius 3 is 2.55 bits per heavy atom. The largest absolute Gasteiger partial charge is 0.506 e. The van der Waals surface area contributed by atoms with E-state index in [1.165, 1.54) is 29.1 Å². The number of aliphatic hydroxyl groups is 2. The van der Waals surface area contributed by atoms with E-state index in [9.17, 15) is 28.5 Å². The Kier molecular flexibility index (Phi) is 8.72. The summed E-state index contributed by atoms with van der Waals surface area (Å²) in [6.45, 7) is 7.78. The van der Waals surface area contributed by atoms with E-state index in [1.807, 2.05) is 5.01 Å². The van der Waals surface area contributed by atoms with Crippen molar-refractivity contribution in [2.24, 2.45) is 10.7 Å². The van der Waals surface area contributed by atoms with Gasteiger partial charge in [-0.3, -0.25) is 13.5 Å². The number of nitrogens with two attached hydrogens (primary N) is 1. The summed E-state index contributed by atoms with van der Waals surface area (Å²) in [4.78, 5) is 21.2. The van der Waals surface area contributed by atoms with Gasteiger partial charge in [0.15, 0.2) is 18.2 Å². The monoisotopic (exact) mass is 602 g/mol. The van der Waals surface area contributed by atoms with E-state index in [0.717, 1.165) is 19.6 Å². The van der Waals surface area contributed by atoms with E-state index in [1.54, 1.807) is 11.1 Å². The van der Waals surface area contributed by atoms with E-state index in [2.05, 4.69) is 30.7 Å². The third kappa shape index (κ3) is 5.40. The van der Waals surface area contributed by atoms with Crippen molar-refractivity contribution in [1.82, 2.24) is 19.3 Å². The lowest BCUT2D eigenvalue weighted by molar-refractivity contribution is -1.02. The van der Waals surface area contributed by atoms with E-state index in [0.29, 0.717) is 16.1 Å². The molecule has 0 saturated carbocycles. The molecule has 3 heterocycles. The number of benzene rings is 1. The molecular formula is C23H33ClN7O8S+. The molecule has 40 heavy (non-hydrogen) atoms. The number of halogens is 1. The SMILES string of the molecule is CC[N+](CC)(CC)N1C=Nc2c(ncn2[C@@H]2O[C@H](COS(=O)(=O)NC(=O)c3cccc(Cl)c3O)C(O)C2O)C1N. The van der Waals surface area contributed by atoms with Crippen LogP contribution in [0.4, 0.5) is 5.82 Å². The number of phenols is 1. The molecule has 0 bridgehead atoms. The fourth-order valence-corrected chi connectivity index (χ4v) is 5.78. The number of carbonyl (C=O) groups is 1. The summed E-state index contributed by atoms with van der Waals surface area (Å²) in [5.74, 6) is -1.46. The van der Waals surface area contributed by atoms with E-state index in [4.69, 9.17) is 26.3 Å². The number of imidazole rings is 1. The van der Waals surface area contributed by atoms with Crippen LogP contribution in [0, 0.1) is 0 Å². The average Bonchev–Trinajstić information content (AvgIpc) is 3.47. The molecule has 1 saturated heterocycles. The molecule has 2 aromatic rings. The number of phenolic OH excluding ortho intramolecular Hbond substituents is 1. The second kappa shape index (κ2) is 11.6. The van der Waals surface area contributed by atoms with Crippen molar-refractivity contribution in [3.63, 3.8) is 0 Å². The maximum absolute atomic E-state index is 12.4. The van der Waals surface area contributed by atoms with E-state index in [-0.39, 0.29) is 10.6 Å². The van der Waals surface area contributed by atoms with Crippen LogP contribution in [0.2, 0.25) is 5.02 Å². The van der Waals surface area contributed by atoms with Gasteiger partial charge in [0.1, 0.15) is 36.1 Å². The number of aliphatic imine (C=N–C) groups is 1. The Hall–Kier alpha value is -2.83. The summed E-state index contributed by atoms with van der Waals surface area (Å²) in [6, 6.07) is 3.84. The van der Waals surface area contributed by atoms with E-state index < -0.39 is 59.3 Å². The number of fused-ring (bicyclic) bond motifs is 1. The van der Waals surface area contributed by atoms with Crippen molar-refractivity contribution in [3.8, 4) is 5.75 Å². The van der Waals surface area contributed by atoms with Gasteiger partial charge in [-0.25, -0.2) is 19.3 Å². The molecule has 4 rings (SSSR count). The Balaban J connectivity index is 1.45. The molecule has 2 aliphatic rings. The second-order valence-corrected chi connectivity index (χ2v) is 11.1. The van der Waals surface area contributed by atoms with Crippen LogP contribution in [0.3, 0.4) is 0 Å². The van der Waals surface area contributed by atoms with Crippen LogP contribution >= 0.6 is 11.6 Å². The first-order chi connectivity index (χ1) is 18.9. The first-order valence-electron chi connectivity index (χ1n) is 12.6. The molecule has 1 fully saturated rings. The maximum Gasteiger partial charge on any atom is 0.362 e. The van der Waals surface area contributed by atoms with Crippen LogP contribution in [-0.4, -0.2) is 99.7 Å². The number of rotatable bonds is 10. The minimum Gasteiger partial charge on any atom is -0.506 e. The normalized spacial score (nSPS) is 24.8. The highest BCUT2D eigenvalue weighted by Gasteiger charge is 2.47. The molecule has 17 heteroatoms. The van der Waals surface area contributed by atoms with Gasteiger partial charge in [0, 0.05) is 0 Å². The zero-order chi connectivity index (χ0) is 29.4. The Bertz CT molecular complexity index is 1370. The predicted molar refractivity (Wildman–Crippen MR) is 142 cm³/mol. The molecule has 220 valence electrons. The van der Waals surface area contributed by atoms with Crippen molar-refractivity contribution < 1.29 is 42.0 Å². The Labute approximate surface area is 236 Å². The Morgan fingerprint density at radius 1 is 1.23 bits per heavy atom. The number of hydrogen-bond acceptors (Lipinski definition) is 12. The number of amides is 1. The van der Waals surface area contributed by atoms with Crippen molar-refractivity contribution in [3.05, 3.63) is 40.8 Å². The average molecular weight is 603 g/mol. The van der Waals surface area contributed by atoms with Crippen LogP contribution in [0.5, 0.6) is 5.75 Å². The lowest BCUT2D eigenvalue weighted by Gasteiger charge is -2.46. The number of nitrogens with one attached hydrogen (secondary N) is 1.